The average Bonchev–Trinajstić information content (AvgIpc) is 3.36. The van der Waals surface area contributed by atoms with Crippen molar-refractivity contribution in [3.8, 4) is 5.75 Å². The van der Waals surface area contributed by atoms with Gasteiger partial charge in [0.05, 0.1) is 11.0 Å². The summed E-state index contributed by atoms with van der Waals surface area (Å²) >= 11 is 0. The van der Waals surface area contributed by atoms with Crippen LogP contribution in [-0.4, -0.2) is 52.4 Å². The zero-order valence-corrected chi connectivity index (χ0v) is 22.5. The Labute approximate surface area is 225 Å². The fraction of sp³-hybridized carbons (Fsp3) is 0.516. The average molecular weight is 517 g/mol. The summed E-state index contributed by atoms with van der Waals surface area (Å²) in [5.74, 6) is 1.99. The van der Waals surface area contributed by atoms with Gasteiger partial charge in [0.2, 0.25) is 5.91 Å². The summed E-state index contributed by atoms with van der Waals surface area (Å²) in [5.41, 5.74) is 3.28. The molecule has 3 heterocycles. The number of ether oxygens (including phenoxy) is 1. The SMILES string of the molecule is C[C@H]1Oc2ccccc2CCCCC2(CCN(C(=O)CCCCc3nc4ccccc4[nH]3)CC2)CNC1=O. The topological polar surface area (TPSA) is 87.3 Å². The summed E-state index contributed by atoms with van der Waals surface area (Å²) in [6.45, 7) is 4.01. The molecule has 2 aliphatic heterocycles. The summed E-state index contributed by atoms with van der Waals surface area (Å²) in [6.07, 6.45) is 8.82. The highest BCUT2D eigenvalue weighted by molar-refractivity contribution is 5.81. The molecule has 0 unspecified atom stereocenters. The van der Waals surface area contributed by atoms with Crippen LogP contribution in [0.25, 0.3) is 11.0 Å². The first kappa shape index (κ1) is 26.3. The molecule has 38 heavy (non-hydrogen) atoms. The van der Waals surface area contributed by atoms with Gasteiger partial charge >= 0.3 is 0 Å². The van der Waals surface area contributed by atoms with Crippen LogP contribution >= 0.6 is 0 Å². The van der Waals surface area contributed by atoms with E-state index in [1.807, 2.05) is 54.3 Å². The maximum Gasteiger partial charge on any atom is 0.260 e. The highest BCUT2D eigenvalue weighted by atomic mass is 16.5. The van der Waals surface area contributed by atoms with E-state index in [2.05, 4.69) is 21.4 Å². The molecule has 1 spiro atoms. The lowest BCUT2D eigenvalue weighted by atomic mass is 9.74. The number of aryl methyl sites for hydroxylation is 2. The Balaban J connectivity index is 1.10. The van der Waals surface area contributed by atoms with Crippen LogP contribution in [0.15, 0.2) is 48.5 Å². The summed E-state index contributed by atoms with van der Waals surface area (Å²) in [6, 6.07) is 16.1. The number of para-hydroxylation sites is 3. The fourth-order valence-electron chi connectivity index (χ4n) is 5.90. The number of carbonyl (C=O) groups is 2. The molecule has 1 fully saturated rings. The Hall–Kier alpha value is -3.35. The van der Waals surface area contributed by atoms with Gasteiger partial charge in [-0.25, -0.2) is 4.98 Å². The van der Waals surface area contributed by atoms with E-state index in [9.17, 15) is 9.59 Å². The zero-order chi connectivity index (χ0) is 26.4. The zero-order valence-electron chi connectivity index (χ0n) is 22.5. The summed E-state index contributed by atoms with van der Waals surface area (Å²) in [5, 5.41) is 3.18. The van der Waals surface area contributed by atoms with Crippen LogP contribution < -0.4 is 10.1 Å². The van der Waals surface area contributed by atoms with Crippen molar-refractivity contribution < 1.29 is 14.3 Å². The Bertz CT molecular complexity index is 1210. The number of nitrogens with one attached hydrogen (secondary N) is 2. The molecule has 2 aliphatic rings. The smallest absolute Gasteiger partial charge is 0.260 e. The van der Waals surface area contributed by atoms with Crippen molar-refractivity contribution in [3.05, 3.63) is 59.9 Å². The van der Waals surface area contributed by atoms with Crippen LogP contribution in [0.2, 0.25) is 0 Å². The molecule has 7 heteroatoms. The van der Waals surface area contributed by atoms with Crippen molar-refractivity contribution in [2.24, 2.45) is 5.41 Å². The molecule has 202 valence electrons. The Morgan fingerprint density at radius 1 is 1.05 bits per heavy atom. The van der Waals surface area contributed by atoms with Gasteiger partial charge in [-0.15, -0.1) is 0 Å². The number of piperidine rings is 1. The molecule has 1 atom stereocenters. The van der Waals surface area contributed by atoms with Gasteiger partial charge in [0.25, 0.3) is 5.91 Å². The number of nitrogens with zero attached hydrogens (tertiary/aromatic N) is 2. The van der Waals surface area contributed by atoms with Crippen molar-refractivity contribution in [1.82, 2.24) is 20.2 Å². The van der Waals surface area contributed by atoms with Crippen molar-refractivity contribution in [2.45, 2.75) is 77.2 Å². The minimum absolute atomic E-state index is 0.0478. The van der Waals surface area contributed by atoms with Gasteiger partial charge in [0.15, 0.2) is 6.10 Å². The highest BCUT2D eigenvalue weighted by Crippen LogP contribution is 2.37. The number of aromatic amines is 1. The third kappa shape index (κ3) is 6.37. The van der Waals surface area contributed by atoms with Crippen molar-refractivity contribution in [1.29, 1.82) is 0 Å². The second-order valence-corrected chi connectivity index (χ2v) is 11.1. The van der Waals surface area contributed by atoms with E-state index in [0.717, 1.165) is 93.5 Å². The number of hydrogen-bond donors (Lipinski definition) is 2. The molecule has 1 aromatic heterocycles. The molecule has 7 nitrogen and oxygen atoms in total. The summed E-state index contributed by atoms with van der Waals surface area (Å²) in [4.78, 5) is 35.8. The first-order chi connectivity index (χ1) is 18.5. The number of imidazole rings is 1. The number of hydrogen-bond acceptors (Lipinski definition) is 4. The van der Waals surface area contributed by atoms with E-state index in [-0.39, 0.29) is 17.2 Å². The Morgan fingerprint density at radius 3 is 2.68 bits per heavy atom. The molecule has 5 rings (SSSR count). The van der Waals surface area contributed by atoms with Crippen molar-refractivity contribution in [2.75, 3.05) is 19.6 Å². The monoisotopic (exact) mass is 516 g/mol. The number of rotatable bonds is 5. The van der Waals surface area contributed by atoms with Crippen LogP contribution in [0.4, 0.5) is 0 Å². The lowest BCUT2D eigenvalue weighted by molar-refractivity contribution is -0.134. The number of aromatic nitrogens is 2. The number of H-pyrrole nitrogens is 1. The van der Waals surface area contributed by atoms with Gasteiger partial charge in [0, 0.05) is 32.5 Å². The fourth-order valence-corrected chi connectivity index (χ4v) is 5.90. The van der Waals surface area contributed by atoms with E-state index in [0.29, 0.717) is 13.0 Å². The molecular formula is C31H40N4O3. The van der Waals surface area contributed by atoms with Crippen LogP contribution in [0.5, 0.6) is 5.75 Å². The third-order valence-corrected chi connectivity index (χ3v) is 8.36. The lowest BCUT2D eigenvalue weighted by Gasteiger charge is -2.42. The number of benzene rings is 2. The van der Waals surface area contributed by atoms with Gasteiger partial charge in [-0.05, 0) is 81.0 Å². The van der Waals surface area contributed by atoms with Gasteiger partial charge in [-0.3, -0.25) is 9.59 Å². The Morgan fingerprint density at radius 2 is 1.84 bits per heavy atom. The maximum absolute atomic E-state index is 13.0. The molecule has 2 aromatic carbocycles. The maximum atomic E-state index is 13.0. The van der Waals surface area contributed by atoms with Crippen LogP contribution in [0, 0.1) is 5.41 Å². The van der Waals surface area contributed by atoms with E-state index in [1.54, 1.807) is 0 Å². The number of fused-ring (bicyclic) bond motifs is 2. The lowest BCUT2D eigenvalue weighted by Crippen LogP contribution is -2.49. The molecular weight excluding hydrogens is 476 g/mol. The second kappa shape index (κ2) is 12.0. The summed E-state index contributed by atoms with van der Waals surface area (Å²) < 4.78 is 6.02. The van der Waals surface area contributed by atoms with Crippen molar-refractivity contribution in [3.63, 3.8) is 0 Å². The molecule has 0 aliphatic carbocycles. The Kier molecular flexibility index (Phi) is 8.30. The molecule has 0 bridgehead atoms. The van der Waals surface area contributed by atoms with E-state index in [1.165, 1.54) is 5.56 Å². The molecule has 0 saturated carbocycles. The number of amides is 2. The van der Waals surface area contributed by atoms with Crippen molar-refractivity contribution >= 4 is 22.8 Å². The van der Waals surface area contributed by atoms with E-state index in [4.69, 9.17) is 4.74 Å². The largest absolute Gasteiger partial charge is 0.481 e. The van der Waals surface area contributed by atoms with Gasteiger partial charge < -0.3 is 19.9 Å². The molecule has 1 saturated heterocycles. The quantitative estimate of drug-likeness (QED) is 0.457. The van der Waals surface area contributed by atoms with Crippen LogP contribution in [0.1, 0.15) is 69.7 Å². The number of carbonyl (C=O) groups excluding carboxylic acids is 2. The number of likely N-dealkylation sites (tertiary alicyclic amines) is 1. The minimum atomic E-state index is -0.533. The van der Waals surface area contributed by atoms with Gasteiger partial charge in [-0.1, -0.05) is 36.8 Å². The molecule has 3 aromatic rings. The normalized spacial score (nSPS) is 20.2. The highest BCUT2D eigenvalue weighted by Gasteiger charge is 2.36. The first-order valence-corrected chi connectivity index (χ1v) is 14.3. The first-order valence-electron chi connectivity index (χ1n) is 14.3. The van der Waals surface area contributed by atoms with Gasteiger partial charge in [0.1, 0.15) is 11.6 Å². The molecule has 0 radical (unpaired) electrons. The number of unbranched alkanes of at least 4 members (excludes halogenated alkanes) is 1. The third-order valence-electron chi connectivity index (χ3n) is 8.36. The predicted octanol–water partition coefficient (Wildman–Crippen LogP) is 5.19. The standard InChI is InChI=1S/C31H40N4O3/c1-23-30(37)32-22-31(17-9-8-11-24-10-2-5-14-27(24)38-23)18-20-35(21-19-31)29(36)16-7-6-15-28-33-25-12-3-4-13-26(25)34-28/h2-5,10,12-14,23H,6-9,11,15-22H2,1H3,(H,32,37)(H,33,34)/t23-/m1/s1. The van der Waals surface area contributed by atoms with Crippen LogP contribution in [0.3, 0.4) is 0 Å². The van der Waals surface area contributed by atoms with E-state index >= 15 is 0 Å². The minimum Gasteiger partial charge on any atom is -0.481 e. The summed E-state index contributed by atoms with van der Waals surface area (Å²) in [7, 11) is 0. The predicted molar refractivity (Wildman–Crippen MR) is 149 cm³/mol. The van der Waals surface area contributed by atoms with E-state index < -0.39 is 6.10 Å². The van der Waals surface area contributed by atoms with Crippen LogP contribution in [-0.2, 0) is 22.4 Å². The van der Waals surface area contributed by atoms with Gasteiger partial charge in [-0.2, -0.15) is 0 Å². The molecule has 2 amide bonds. The molecule has 2 N–H and O–H groups in total. The second-order valence-electron chi connectivity index (χ2n) is 11.1.